The van der Waals surface area contributed by atoms with Gasteiger partial charge in [0.25, 0.3) is 0 Å². The van der Waals surface area contributed by atoms with E-state index >= 15 is 0 Å². The second-order valence-electron chi connectivity index (χ2n) is 10.9. The van der Waals surface area contributed by atoms with Crippen molar-refractivity contribution in [2.75, 3.05) is 0 Å². The Labute approximate surface area is 238 Å². The van der Waals surface area contributed by atoms with Gasteiger partial charge in [0.15, 0.2) is 40.5 Å². The predicted molar refractivity (Wildman–Crippen MR) is 160 cm³/mol. The fourth-order valence-electron chi connectivity index (χ4n) is 5.90. The highest BCUT2D eigenvalue weighted by molar-refractivity contribution is 5.88. The van der Waals surface area contributed by atoms with Crippen LogP contribution >= 0.6 is 0 Å². The number of hydrogen-bond donors (Lipinski definition) is 0. The van der Waals surface area contributed by atoms with Crippen molar-refractivity contribution in [3.63, 3.8) is 0 Å². The molecule has 0 unspecified atom stereocenters. The molecular formula is C36H25N3O2. The number of ether oxygens (including phenoxy) is 2. The lowest BCUT2D eigenvalue weighted by Gasteiger charge is -2.25. The summed E-state index contributed by atoms with van der Waals surface area (Å²) in [7, 11) is 0. The quantitative estimate of drug-likeness (QED) is 0.228. The second-order valence-corrected chi connectivity index (χ2v) is 10.9. The van der Waals surface area contributed by atoms with Crippen molar-refractivity contribution in [1.82, 2.24) is 15.0 Å². The minimum atomic E-state index is -0.111. The molecule has 41 heavy (non-hydrogen) atoms. The first-order valence-electron chi connectivity index (χ1n) is 13.7. The number of rotatable bonds is 3. The van der Waals surface area contributed by atoms with E-state index in [-0.39, 0.29) is 5.41 Å². The van der Waals surface area contributed by atoms with Gasteiger partial charge in [-0.15, -0.1) is 0 Å². The second kappa shape index (κ2) is 8.86. The van der Waals surface area contributed by atoms with Crippen LogP contribution in [0.25, 0.3) is 45.3 Å². The first-order valence-corrected chi connectivity index (χ1v) is 13.7. The lowest BCUT2D eigenvalue weighted by Crippen LogP contribution is -2.15. The molecule has 1 aromatic heterocycles. The van der Waals surface area contributed by atoms with Crippen LogP contribution < -0.4 is 9.47 Å². The fourth-order valence-corrected chi connectivity index (χ4v) is 5.90. The molecule has 5 heteroatoms. The molecule has 0 saturated carbocycles. The molecule has 1 aliphatic heterocycles. The average molecular weight is 532 g/mol. The van der Waals surface area contributed by atoms with E-state index in [1.54, 1.807) is 0 Å². The molecular weight excluding hydrogens is 506 g/mol. The lowest BCUT2D eigenvalue weighted by atomic mass is 9.82. The van der Waals surface area contributed by atoms with Crippen molar-refractivity contribution in [2.24, 2.45) is 0 Å². The molecule has 2 heterocycles. The van der Waals surface area contributed by atoms with E-state index in [1.165, 1.54) is 16.7 Å². The standard InChI is InChI=1S/C36H25N3O2/c1-36(2)26-16-10-9-15-25(26)31-27(36)18-20-29-32(31)41-28-19-17-24(21-30(28)40-29)35-38-33(22-11-5-3-6-12-22)37-34(39-35)23-13-7-4-8-14-23/h3-21H,1-2H3. The molecule has 0 N–H and O–H groups in total. The Morgan fingerprint density at radius 2 is 1.07 bits per heavy atom. The smallest absolute Gasteiger partial charge is 0.178 e. The summed E-state index contributed by atoms with van der Waals surface area (Å²) < 4.78 is 13.1. The van der Waals surface area contributed by atoms with Crippen LogP contribution in [0.4, 0.5) is 0 Å². The van der Waals surface area contributed by atoms with Crippen molar-refractivity contribution in [1.29, 1.82) is 0 Å². The van der Waals surface area contributed by atoms with E-state index in [1.807, 2.05) is 84.9 Å². The van der Waals surface area contributed by atoms with Crippen LogP contribution in [0.5, 0.6) is 23.0 Å². The number of aromatic nitrogens is 3. The van der Waals surface area contributed by atoms with Crippen molar-refractivity contribution in [2.45, 2.75) is 19.3 Å². The molecule has 196 valence electrons. The summed E-state index contributed by atoms with van der Waals surface area (Å²) in [6.45, 7) is 4.52. The molecule has 0 atom stereocenters. The molecule has 2 aliphatic rings. The van der Waals surface area contributed by atoms with E-state index in [9.17, 15) is 0 Å². The molecule has 5 aromatic carbocycles. The molecule has 1 aliphatic carbocycles. The zero-order chi connectivity index (χ0) is 27.6. The number of fused-ring (bicyclic) bond motifs is 6. The third kappa shape index (κ3) is 3.74. The summed E-state index contributed by atoms with van der Waals surface area (Å²) >= 11 is 0. The highest BCUT2D eigenvalue weighted by atomic mass is 16.6. The SMILES string of the molecule is CC1(C)c2ccccc2-c2c1ccc1c2Oc2ccc(-c3nc(-c4ccccc4)nc(-c4ccccc4)n3)cc2O1. The number of hydrogen-bond acceptors (Lipinski definition) is 5. The Bertz CT molecular complexity index is 1910. The monoisotopic (exact) mass is 531 g/mol. The van der Waals surface area contributed by atoms with E-state index in [4.69, 9.17) is 24.4 Å². The van der Waals surface area contributed by atoms with E-state index in [2.05, 4.69) is 44.2 Å². The topological polar surface area (TPSA) is 57.1 Å². The molecule has 6 aromatic rings. The van der Waals surface area contributed by atoms with Crippen molar-refractivity contribution < 1.29 is 9.47 Å². The Kier molecular flexibility index (Phi) is 5.10. The van der Waals surface area contributed by atoms with Gasteiger partial charge in [0.05, 0.1) is 0 Å². The molecule has 0 spiro atoms. The van der Waals surface area contributed by atoms with E-state index in [0.29, 0.717) is 34.7 Å². The van der Waals surface area contributed by atoms with Crippen LogP contribution in [0, 0.1) is 0 Å². The third-order valence-corrected chi connectivity index (χ3v) is 8.00. The largest absolute Gasteiger partial charge is 0.449 e. The maximum atomic E-state index is 6.57. The van der Waals surface area contributed by atoms with Crippen LogP contribution in [-0.2, 0) is 5.41 Å². The Morgan fingerprint density at radius 3 is 1.76 bits per heavy atom. The van der Waals surface area contributed by atoms with Gasteiger partial charge in [-0.25, -0.2) is 15.0 Å². The fraction of sp³-hybridized carbons (Fsp3) is 0.0833. The van der Waals surface area contributed by atoms with Gasteiger partial charge in [0, 0.05) is 27.7 Å². The Morgan fingerprint density at radius 1 is 0.488 bits per heavy atom. The van der Waals surface area contributed by atoms with Crippen LogP contribution in [-0.4, -0.2) is 15.0 Å². The molecule has 0 fully saturated rings. The predicted octanol–water partition coefficient (Wildman–Crippen LogP) is 9.08. The molecule has 8 rings (SSSR count). The zero-order valence-corrected chi connectivity index (χ0v) is 22.6. The van der Waals surface area contributed by atoms with E-state index in [0.717, 1.165) is 28.0 Å². The maximum Gasteiger partial charge on any atom is 0.178 e. The summed E-state index contributed by atoms with van der Waals surface area (Å²) in [5.74, 6) is 4.56. The van der Waals surface area contributed by atoms with Crippen LogP contribution in [0.1, 0.15) is 25.0 Å². The molecule has 5 nitrogen and oxygen atoms in total. The van der Waals surface area contributed by atoms with Crippen LogP contribution in [0.15, 0.2) is 115 Å². The molecule has 0 saturated heterocycles. The molecule has 0 bridgehead atoms. The third-order valence-electron chi connectivity index (χ3n) is 8.00. The van der Waals surface area contributed by atoms with Crippen LogP contribution in [0.2, 0.25) is 0 Å². The highest BCUT2D eigenvalue weighted by Gasteiger charge is 2.39. The lowest BCUT2D eigenvalue weighted by molar-refractivity contribution is 0.360. The van der Waals surface area contributed by atoms with Gasteiger partial charge < -0.3 is 9.47 Å². The van der Waals surface area contributed by atoms with Crippen molar-refractivity contribution in [3.8, 4) is 68.3 Å². The first kappa shape index (κ1) is 23.6. The highest BCUT2D eigenvalue weighted by Crippen LogP contribution is 2.58. The summed E-state index contributed by atoms with van der Waals surface area (Å²) in [5.41, 5.74) is 7.41. The van der Waals surface area contributed by atoms with Crippen molar-refractivity contribution >= 4 is 0 Å². The minimum absolute atomic E-state index is 0.111. The van der Waals surface area contributed by atoms with Crippen molar-refractivity contribution in [3.05, 3.63) is 126 Å². The van der Waals surface area contributed by atoms with Gasteiger partial charge >= 0.3 is 0 Å². The minimum Gasteiger partial charge on any atom is -0.449 e. The first-order chi connectivity index (χ1) is 20.1. The van der Waals surface area contributed by atoms with Gasteiger partial charge in [-0.1, -0.05) is 105 Å². The Balaban J connectivity index is 1.22. The van der Waals surface area contributed by atoms with Gasteiger partial charge in [-0.2, -0.15) is 0 Å². The zero-order valence-electron chi connectivity index (χ0n) is 22.6. The summed E-state index contributed by atoms with van der Waals surface area (Å²) in [4.78, 5) is 14.5. The van der Waals surface area contributed by atoms with Gasteiger partial charge in [0.2, 0.25) is 0 Å². The Hall–Kier alpha value is -5.29. The summed E-state index contributed by atoms with van der Waals surface area (Å²) in [6, 6.07) is 38.5. The number of benzene rings is 5. The van der Waals surface area contributed by atoms with E-state index < -0.39 is 0 Å². The molecule has 0 radical (unpaired) electrons. The van der Waals surface area contributed by atoms with Crippen LogP contribution in [0.3, 0.4) is 0 Å². The van der Waals surface area contributed by atoms with Gasteiger partial charge in [-0.3, -0.25) is 0 Å². The van der Waals surface area contributed by atoms with Gasteiger partial charge in [0.1, 0.15) is 0 Å². The normalized spacial score (nSPS) is 13.7. The maximum absolute atomic E-state index is 6.57. The average Bonchev–Trinajstić information content (AvgIpc) is 3.27. The summed E-state index contributed by atoms with van der Waals surface area (Å²) in [5, 5.41) is 0. The molecule has 0 amide bonds. The number of nitrogens with zero attached hydrogens (tertiary/aromatic N) is 3. The van der Waals surface area contributed by atoms with Gasteiger partial charge in [-0.05, 0) is 41.0 Å². The summed E-state index contributed by atoms with van der Waals surface area (Å²) in [6.07, 6.45) is 0.